The van der Waals surface area contributed by atoms with Crippen LogP contribution < -0.4 is 5.32 Å². The minimum atomic E-state index is -0.689. The van der Waals surface area contributed by atoms with E-state index in [1.165, 1.54) is 36.5 Å². The Kier molecular flexibility index (Phi) is 5.38. The van der Waals surface area contributed by atoms with Crippen LogP contribution in [0.5, 0.6) is 0 Å². The number of fused-ring (bicyclic) bond motifs is 1. The minimum absolute atomic E-state index is 0.0159. The van der Waals surface area contributed by atoms with Gasteiger partial charge >= 0.3 is 0 Å². The first kappa shape index (κ1) is 19.2. The van der Waals surface area contributed by atoms with Crippen molar-refractivity contribution >= 4 is 22.5 Å². The van der Waals surface area contributed by atoms with E-state index in [0.717, 1.165) is 25.3 Å². The molecule has 1 N–H and O–H groups in total. The molecule has 0 spiro atoms. The van der Waals surface area contributed by atoms with E-state index < -0.39 is 17.5 Å². The minimum Gasteiger partial charge on any atom is -0.380 e. The number of aromatic nitrogens is 1. The number of anilines is 1. The van der Waals surface area contributed by atoms with Crippen LogP contribution in [0.25, 0.3) is 10.9 Å². The molecule has 1 aromatic heterocycles. The lowest BCUT2D eigenvalue weighted by Gasteiger charge is -2.27. The standard InChI is InChI=1S/C22H20F3N3O/c23-15-6-7-20-17(10-15)21(27-12-14-4-5-16(24)11-19(14)25)18(13-26-20)22(29)28-8-2-1-3-9-28/h4-7,10-11,13H,1-3,8-9,12H2,(H,26,27). The van der Waals surface area contributed by atoms with Crippen LogP contribution in [0, 0.1) is 17.5 Å². The van der Waals surface area contributed by atoms with Crippen LogP contribution >= 0.6 is 0 Å². The molecule has 0 bridgehead atoms. The van der Waals surface area contributed by atoms with E-state index >= 15 is 0 Å². The van der Waals surface area contributed by atoms with Gasteiger partial charge in [-0.25, -0.2) is 13.2 Å². The summed E-state index contributed by atoms with van der Waals surface area (Å²) in [7, 11) is 0. The van der Waals surface area contributed by atoms with E-state index in [0.29, 0.717) is 35.2 Å². The molecule has 0 radical (unpaired) electrons. The highest BCUT2D eigenvalue weighted by molar-refractivity contribution is 6.07. The maximum atomic E-state index is 14.1. The van der Waals surface area contributed by atoms with E-state index in [1.807, 2.05) is 0 Å². The average Bonchev–Trinajstić information content (AvgIpc) is 2.73. The number of likely N-dealkylation sites (tertiary alicyclic amines) is 1. The number of pyridine rings is 1. The van der Waals surface area contributed by atoms with Crippen LogP contribution in [0.1, 0.15) is 35.2 Å². The second-order valence-electron chi connectivity index (χ2n) is 7.15. The molecule has 0 atom stereocenters. The van der Waals surface area contributed by atoms with Crippen molar-refractivity contribution < 1.29 is 18.0 Å². The Balaban J connectivity index is 1.73. The topological polar surface area (TPSA) is 45.2 Å². The monoisotopic (exact) mass is 399 g/mol. The first-order chi connectivity index (χ1) is 14.0. The molecule has 3 aromatic rings. The van der Waals surface area contributed by atoms with Crippen LogP contribution in [-0.2, 0) is 6.54 Å². The number of halogens is 3. The summed E-state index contributed by atoms with van der Waals surface area (Å²) in [5, 5.41) is 3.50. The van der Waals surface area contributed by atoms with Gasteiger partial charge in [0.15, 0.2) is 0 Å². The van der Waals surface area contributed by atoms with Gasteiger partial charge in [0.1, 0.15) is 17.5 Å². The van der Waals surface area contributed by atoms with Crippen molar-refractivity contribution in [3.8, 4) is 0 Å². The molecule has 7 heteroatoms. The first-order valence-corrected chi connectivity index (χ1v) is 9.58. The summed E-state index contributed by atoms with van der Waals surface area (Å²) in [5.74, 6) is -2.00. The predicted molar refractivity (Wildman–Crippen MR) is 105 cm³/mol. The van der Waals surface area contributed by atoms with E-state index in [1.54, 1.807) is 4.90 Å². The lowest BCUT2D eigenvalue weighted by atomic mass is 10.1. The third-order valence-corrected chi connectivity index (χ3v) is 5.17. The number of piperidine rings is 1. The van der Waals surface area contributed by atoms with Gasteiger partial charge in [-0.3, -0.25) is 9.78 Å². The number of nitrogens with zero attached hydrogens (tertiary/aromatic N) is 2. The number of amides is 1. The number of benzene rings is 2. The highest BCUT2D eigenvalue weighted by Crippen LogP contribution is 2.29. The SMILES string of the molecule is O=C(c1cnc2ccc(F)cc2c1NCc1ccc(F)cc1F)N1CCCCC1. The van der Waals surface area contributed by atoms with Crippen molar-refractivity contribution in [2.45, 2.75) is 25.8 Å². The van der Waals surface area contributed by atoms with Gasteiger partial charge in [0, 0.05) is 42.8 Å². The summed E-state index contributed by atoms with van der Waals surface area (Å²) in [6, 6.07) is 7.45. The van der Waals surface area contributed by atoms with Gasteiger partial charge < -0.3 is 10.2 Å². The number of hydrogen-bond donors (Lipinski definition) is 1. The summed E-state index contributed by atoms with van der Waals surface area (Å²) >= 11 is 0. The van der Waals surface area contributed by atoms with E-state index in [9.17, 15) is 18.0 Å². The maximum Gasteiger partial charge on any atom is 0.257 e. The molecule has 1 aliphatic heterocycles. The smallest absolute Gasteiger partial charge is 0.257 e. The van der Waals surface area contributed by atoms with Crippen molar-refractivity contribution in [2.24, 2.45) is 0 Å². The zero-order valence-corrected chi connectivity index (χ0v) is 15.7. The van der Waals surface area contributed by atoms with Crippen molar-refractivity contribution in [2.75, 3.05) is 18.4 Å². The van der Waals surface area contributed by atoms with Gasteiger partial charge in [-0.2, -0.15) is 0 Å². The lowest BCUT2D eigenvalue weighted by molar-refractivity contribution is 0.0725. The van der Waals surface area contributed by atoms with Gasteiger partial charge in [-0.05, 0) is 43.5 Å². The average molecular weight is 399 g/mol. The second kappa shape index (κ2) is 8.11. The third-order valence-electron chi connectivity index (χ3n) is 5.17. The molecule has 1 amide bonds. The molecule has 0 aliphatic carbocycles. The largest absolute Gasteiger partial charge is 0.380 e. The summed E-state index contributed by atoms with van der Waals surface area (Å²) in [5.41, 5.74) is 1.47. The highest BCUT2D eigenvalue weighted by Gasteiger charge is 2.23. The number of carbonyl (C=O) groups is 1. The molecule has 2 heterocycles. The number of carbonyl (C=O) groups excluding carboxylic acids is 1. The Bertz CT molecular complexity index is 1060. The Labute approximate surface area is 166 Å². The number of nitrogens with one attached hydrogen (secondary N) is 1. The molecule has 0 unspecified atom stereocenters. The fourth-order valence-electron chi connectivity index (χ4n) is 3.63. The van der Waals surface area contributed by atoms with Gasteiger partial charge in [0.25, 0.3) is 5.91 Å². The van der Waals surface area contributed by atoms with Crippen LogP contribution in [0.4, 0.5) is 18.9 Å². The molecule has 4 rings (SSSR count). The van der Waals surface area contributed by atoms with Crippen LogP contribution in [0.3, 0.4) is 0 Å². The molecule has 150 valence electrons. The highest BCUT2D eigenvalue weighted by atomic mass is 19.1. The number of hydrogen-bond acceptors (Lipinski definition) is 3. The normalized spacial score (nSPS) is 14.2. The second-order valence-corrected chi connectivity index (χ2v) is 7.15. The third kappa shape index (κ3) is 4.04. The molecule has 4 nitrogen and oxygen atoms in total. The Morgan fingerprint density at radius 2 is 1.72 bits per heavy atom. The van der Waals surface area contributed by atoms with Gasteiger partial charge in [0.05, 0.1) is 16.8 Å². The van der Waals surface area contributed by atoms with Gasteiger partial charge in [0.2, 0.25) is 0 Å². The Morgan fingerprint density at radius 3 is 2.48 bits per heavy atom. The molecule has 29 heavy (non-hydrogen) atoms. The lowest BCUT2D eigenvalue weighted by Crippen LogP contribution is -2.36. The molecule has 0 saturated carbocycles. The summed E-state index contributed by atoms with van der Waals surface area (Å²) in [6.07, 6.45) is 4.43. The summed E-state index contributed by atoms with van der Waals surface area (Å²) in [4.78, 5) is 19.2. The van der Waals surface area contributed by atoms with Crippen molar-refractivity contribution in [1.29, 1.82) is 0 Å². The van der Waals surface area contributed by atoms with Crippen LogP contribution in [0.2, 0.25) is 0 Å². The fraction of sp³-hybridized carbons (Fsp3) is 0.273. The maximum absolute atomic E-state index is 14.1. The Hall–Kier alpha value is -3.09. The molecule has 1 fully saturated rings. The van der Waals surface area contributed by atoms with Crippen molar-refractivity contribution in [3.63, 3.8) is 0 Å². The van der Waals surface area contributed by atoms with Crippen LogP contribution in [0.15, 0.2) is 42.6 Å². The fourth-order valence-corrected chi connectivity index (χ4v) is 3.63. The molecule has 2 aromatic carbocycles. The quantitative estimate of drug-likeness (QED) is 0.679. The number of rotatable bonds is 4. The van der Waals surface area contributed by atoms with E-state index in [4.69, 9.17) is 0 Å². The molecular formula is C22H20F3N3O. The van der Waals surface area contributed by atoms with Crippen molar-refractivity contribution in [1.82, 2.24) is 9.88 Å². The first-order valence-electron chi connectivity index (χ1n) is 9.58. The summed E-state index contributed by atoms with van der Waals surface area (Å²) in [6.45, 7) is 1.33. The van der Waals surface area contributed by atoms with Gasteiger partial charge in [-0.1, -0.05) is 6.07 Å². The van der Waals surface area contributed by atoms with E-state index in [-0.39, 0.29) is 18.0 Å². The van der Waals surface area contributed by atoms with E-state index in [2.05, 4.69) is 10.3 Å². The zero-order valence-electron chi connectivity index (χ0n) is 15.7. The Morgan fingerprint density at radius 1 is 1.00 bits per heavy atom. The molecule has 1 aliphatic rings. The zero-order chi connectivity index (χ0) is 20.4. The van der Waals surface area contributed by atoms with Gasteiger partial charge in [-0.15, -0.1) is 0 Å². The van der Waals surface area contributed by atoms with Crippen molar-refractivity contribution in [3.05, 3.63) is 71.2 Å². The van der Waals surface area contributed by atoms with Crippen LogP contribution in [-0.4, -0.2) is 28.9 Å². The summed E-state index contributed by atoms with van der Waals surface area (Å²) < 4.78 is 41.2. The molecular weight excluding hydrogens is 379 g/mol. The predicted octanol–water partition coefficient (Wildman–Crippen LogP) is 4.89. The molecule has 1 saturated heterocycles.